The first-order valence-corrected chi connectivity index (χ1v) is 7.54. The molecule has 0 saturated heterocycles. The number of hydrogen-bond donors (Lipinski definition) is 4. The molecule has 1 fully saturated rings. The maximum absolute atomic E-state index is 12.3. The van der Waals surface area contributed by atoms with E-state index in [2.05, 4.69) is 38.3 Å². The second-order valence-corrected chi connectivity index (χ2v) is 7.00. The summed E-state index contributed by atoms with van der Waals surface area (Å²) >= 11 is 0. The average Bonchev–Trinajstić information content (AvgIpc) is 2.61. The van der Waals surface area contributed by atoms with E-state index >= 15 is 0 Å². The van der Waals surface area contributed by atoms with Crippen LogP contribution in [0.2, 0.25) is 0 Å². The number of nitrogens with one attached hydrogen (secondary N) is 2. The van der Waals surface area contributed by atoms with Crippen molar-refractivity contribution in [1.82, 2.24) is 10.6 Å². The summed E-state index contributed by atoms with van der Waals surface area (Å²) in [4.78, 5) is 23.9. The maximum Gasteiger partial charge on any atom is 0.242 e. The van der Waals surface area contributed by atoms with E-state index in [9.17, 15) is 9.59 Å². The van der Waals surface area contributed by atoms with Gasteiger partial charge in [0.25, 0.3) is 0 Å². The van der Waals surface area contributed by atoms with Gasteiger partial charge in [0.15, 0.2) is 0 Å². The molecule has 6 heteroatoms. The number of rotatable bonds is 5. The summed E-state index contributed by atoms with van der Waals surface area (Å²) in [5.41, 5.74) is 5.13. The van der Waals surface area contributed by atoms with Gasteiger partial charge in [-0.05, 0) is 38.0 Å². The monoisotopic (exact) mass is 299 g/mol. The first-order valence-electron chi connectivity index (χ1n) is 7.54. The minimum Gasteiger partial charge on any atom is -0.394 e. The molecular weight excluding hydrogens is 270 g/mol. The third kappa shape index (κ3) is 3.55. The fourth-order valence-electron chi connectivity index (χ4n) is 2.80. The van der Waals surface area contributed by atoms with E-state index in [-0.39, 0.29) is 16.9 Å². The van der Waals surface area contributed by atoms with Gasteiger partial charge in [-0.3, -0.25) is 9.59 Å². The van der Waals surface area contributed by atoms with E-state index < -0.39 is 24.6 Å². The van der Waals surface area contributed by atoms with Crippen LogP contribution in [0.5, 0.6) is 0 Å². The maximum atomic E-state index is 12.3. The Labute approximate surface area is 126 Å². The number of amides is 2. The van der Waals surface area contributed by atoms with Gasteiger partial charge < -0.3 is 21.5 Å². The van der Waals surface area contributed by atoms with Crippen LogP contribution >= 0.6 is 0 Å². The Morgan fingerprint density at radius 3 is 2.33 bits per heavy atom. The Kier molecular flexibility index (Phi) is 5.39. The van der Waals surface area contributed by atoms with Crippen LogP contribution in [0.4, 0.5) is 0 Å². The summed E-state index contributed by atoms with van der Waals surface area (Å²) in [6.45, 7) is 9.76. The summed E-state index contributed by atoms with van der Waals surface area (Å²) in [5.74, 6) is -0.224. The summed E-state index contributed by atoms with van der Waals surface area (Å²) in [6, 6.07) is -1.68. The van der Waals surface area contributed by atoms with Crippen molar-refractivity contribution >= 4 is 11.8 Å². The smallest absolute Gasteiger partial charge is 0.242 e. The van der Waals surface area contributed by atoms with E-state index in [0.717, 1.165) is 12.8 Å². The fourth-order valence-corrected chi connectivity index (χ4v) is 2.80. The predicted molar refractivity (Wildman–Crippen MR) is 81.4 cm³/mol. The minimum atomic E-state index is -1.00. The van der Waals surface area contributed by atoms with Crippen molar-refractivity contribution in [3.63, 3.8) is 0 Å². The summed E-state index contributed by atoms with van der Waals surface area (Å²) in [5, 5.41) is 14.4. The highest BCUT2D eigenvalue weighted by Crippen LogP contribution is 2.49. The van der Waals surface area contributed by atoms with Crippen molar-refractivity contribution in [2.45, 2.75) is 65.1 Å². The Morgan fingerprint density at radius 2 is 1.90 bits per heavy atom. The molecule has 1 aliphatic carbocycles. The molecule has 0 aliphatic heterocycles. The molecule has 122 valence electrons. The molecule has 4 atom stereocenters. The van der Waals surface area contributed by atoms with Gasteiger partial charge in [-0.15, -0.1) is 0 Å². The van der Waals surface area contributed by atoms with Crippen LogP contribution < -0.4 is 16.4 Å². The molecule has 0 aromatic heterocycles. The molecule has 0 spiro atoms. The highest BCUT2D eigenvalue weighted by molar-refractivity contribution is 5.89. The van der Waals surface area contributed by atoms with Crippen LogP contribution in [0.15, 0.2) is 0 Å². The zero-order chi connectivity index (χ0) is 16.4. The Hall–Kier alpha value is -1.14. The van der Waals surface area contributed by atoms with E-state index in [4.69, 9.17) is 10.8 Å². The first kappa shape index (κ1) is 17.9. The minimum absolute atomic E-state index is 0.00606. The van der Waals surface area contributed by atoms with Gasteiger partial charge >= 0.3 is 0 Å². The first-order chi connectivity index (χ1) is 9.55. The van der Waals surface area contributed by atoms with Crippen LogP contribution in [0, 0.1) is 11.3 Å². The van der Waals surface area contributed by atoms with Crippen molar-refractivity contribution in [3.8, 4) is 0 Å². The third-order valence-electron chi connectivity index (χ3n) is 5.42. The quantitative estimate of drug-likeness (QED) is 0.579. The second-order valence-electron chi connectivity index (χ2n) is 7.00. The number of carbonyl (C=O) groups excluding carboxylic acids is 2. The molecule has 0 radical (unpaired) electrons. The van der Waals surface area contributed by atoms with Crippen molar-refractivity contribution in [3.05, 3.63) is 0 Å². The molecule has 0 heterocycles. The third-order valence-corrected chi connectivity index (χ3v) is 5.42. The molecule has 6 nitrogen and oxygen atoms in total. The standard InChI is InChI=1S/C15H29N3O3/c1-9-6-7-15(5,14(9,3)4)18-12(20)10(2)17-13(21)11(16)8-19/h9-11,19H,6-8,16H2,1-5H3,(H,17,21)(H,18,20)/t9?,10-,11+,15?/m1/s1. The van der Waals surface area contributed by atoms with E-state index in [1.54, 1.807) is 6.92 Å². The lowest BCUT2D eigenvalue weighted by Gasteiger charge is -2.42. The van der Waals surface area contributed by atoms with Crippen LogP contribution in [0.3, 0.4) is 0 Å². The Morgan fingerprint density at radius 1 is 1.33 bits per heavy atom. The Bertz CT molecular complexity index is 411. The summed E-state index contributed by atoms with van der Waals surface area (Å²) in [7, 11) is 0. The van der Waals surface area contributed by atoms with Crippen LogP contribution in [-0.2, 0) is 9.59 Å². The summed E-state index contributed by atoms with van der Waals surface area (Å²) in [6.07, 6.45) is 1.99. The molecular formula is C15H29N3O3. The number of nitrogens with two attached hydrogens (primary N) is 1. The lowest BCUT2D eigenvalue weighted by atomic mass is 9.72. The molecule has 2 amide bonds. The highest BCUT2D eigenvalue weighted by atomic mass is 16.3. The number of carbonyl (C=O) groups is 2. The second kappa shape index (κ2) is 6.32. The molecule has 1 rings (SSSR count). The zero-order valence-corrected chi connectivity index (χ0v) is 13.7. The predicted octanol–water partition coefficient (Wildman–Crippen LogP) is 0.142. The molecule has 0 aromatic carbocycles. The van der Waals surface area contributed by atoms with Gasteiger partial charge in [-0.1, -0.05) is 20.8 Å². The topological polar surface area (TPSA) is 104 Å². The lowest BCUT2D eigenvalue weighted by Crippen LogP contribution is -2.59. The van der Waals surface area contributed by atoms with Gasteiger partial charge in [0, 0.05) is 5.54 Å². The zero-order valence-electron chi connectivity index (χ0n) is 13.7. The largest absolute Gasteiger partial charge is 0.394 e. The SMILES string of the molecule is CC1CCC(C)(NC(=O)[C@@H](C)NC(=O)[C@@H](N)CO)C1(C)C. The van der Waals surface area contributed by atoms with Crippen LogP contribution in [-0.4, -0.2) is 41.2 Å². The molecule has 1 aliphatic rings. The van der Waals surface area contributed by atoms with Crippen molar-refractivity contribution in [2.24, 2.45) is 17.1 Å². The molecule has 0 bridgehead atoms. The van der Waals surface area contributed by atoms with Crippen molar-refractivity contribution < 1.29 is 14.7 Å². The van der Waals surface area contributed by atoms with E-state index in [1.807, 2.05) is 0 Å². The molecule has 5 N–H and O–H groups in total. The molecule has 21 heavy (non-hydrogen) atoms. The number of aliphatic hydroxyl groups excluding tert-OH is 1. The highest BCUT2D eigenvalue weighted by Gasteiger charge is 2.50. The van der Waals surface area contributed by atoms with Crippen LogP contribution in [0.25, 0.3) is 0 Å². The van der Waals surface area contributed by atoms with Gasteiger partial charge in [-0.25, -0.2) is 0 Å². The van der Waals surface area contributed by atoms with E-state index in [0.29, 0.717) is 5.92 Å². The van der Waals surface area contributed by atoms with Gasteiger partial charge in [0.2, 0.25) is 11.8 Å². The average molecular weight is 299 g/mol. The van der Waals surface area contributed by atoms with Crippen molar-refractivity contribution in [1.29, 1.82) is 0 Å². The van der Waals surface area contributed by atoms with Gasteiger partial charge in [-0.2, -0.15) is 0 Å². The molecule has 2 unspecified atom stereocenters. The number of aliphatic hydroxyl groups is 1. The van der Waals surface area contributed by atoms with Crippen LogP contribution in [0.1, 0.15) is 47.5 Å². The lowest BCUT2D eigenvalue weighted by molar-refractivity contribution is -0.131. The fraction of sp³-hybridized carbons (Fsp3) is 0.867. The van der Waals surface area contributed by atoms with E-state index in [1.165, 1.54) is 0 Å². The number of hydrogen-bond acceptors (Lipinski definition) is 4. The Balaban J connectivity index is 2.67. The van der Waals surface area contributed by atoms with Gasteiger partial charge in [0.05, 0.1) is 6.61 Å². The van der Waals surface area contributed by atoms with Crippen molar-refractivity contribution in [2.75, 3.05) is 6.61 Å². The summed E-state index contributed by atoms with van der Waals surface area (Å²) < 4.78 is 0. The van der Waals surface area contributed by atoms with Gasteiger partial charge in [0.1, 0.15) is 12.1 Å². The normalized spacial score (nSPS) is 30.5. The molecule has 1 saturated carbocycles. The molecule has 0 aromatic rings.